The van der Waals surface area contributed by atoms with E-state index in [-0.39, 0.29) is 0 Å². The minimum Gasteiger partial charge on any atom is -0.198 e. The fourth-order valence-electron chi connectivity index (χ4n) is 0.667. The average Bonchev–Trinajstić information content (AvgIpc) is 3.46. The van der Waals surface area contributed by atoms with Crippen LogP contribution in [0, 0.1) is 0 Å². The number of hydrogen-bond donors (Lipinski definition) is 4. The zero-order chi connectivity index (χ0) is 16.1. The van der Waals surface area contributed by atoms with Gasteiger partial charge < -0.3 is 0 Å². The highest BCUT2D eigenvalue weighted by atomic mass is 15.3. The summed E-state index contributed by atoms with van der Waals surface area (Å²) in [5, 5.41) is 37.3. The van der Waals surface area contributed by atoms with Crippen molar-refractivity contribution in [2.45, 2.75) is 0 Å². The maximum atomic E-state index is 3.49. The number of nitrogens with zero attached hydrogens (tertiary/aromatic N) is 8. The molecule has 4 heterocycles. The van der Waals surface area contributed by atoms with Gasteiger partial charge in [-0.2, -0.15) is 61.6 Å². The molecule has 22 heavy (non-hydrogen) atoms. The van der Waals surface area contributed by atoms with Crippen molar-refractivity contribution in [2.24, 2.45) is 0 Å². The summed E-state index contributed by atoms with van der Waals surface area (Å²) in [6.45, 7) is 6.00. The SMILES string of the molecule is C=C.c1cn[nH]n1.c1cn[nH]n1.c1cn[nH]n1.c1cn[nH]n1. The summed E-state index contributed by atoms with van der Waals surface area (Å²) >= 11 is 0. The van der Waals surface area contributed by atoms with Crippen LogP contribution in [0.2, 0.25) is 0 Å². The van der Waals surface area contributed by atoms with Crippen LogP contribution in [-0.4, -0.2) is 61.6 Å². The van der Waals surface area contributed by atoms with Crippen LogP contribution in [-0.2, 0) is 0 Å². The van der Waals surface area contributed by atoms with Crippen molar-refractivity contribution in [1.82, 2.24) is 61.6 Å². The molecule has 0 aliphatic heterocycles. The number of hydrogen-bond acceptors (Lipinski definition) is 8. The quantitative estimate of drug-likeness (QED) is 0.330. The second-order valence-corrected chi connectivity index (χ2v) is 2.63. The molecule has 0 saturated heterocycles. The molecular weight excluding hydrogens is 288 g/mol. The first kappa shape index (κ1) is 18.3. The molecule has 0 unspecified atom stereocenters. The first-order chi connectivity index (χ1) is 11.0. The zero-order valence-corrected chi connectivity index (χ0v) is 11.6. The minimum absolute atomic E-state index is 1.58. The summed E-state index contributed by atoms with van der Waals surface area (Å²) in [4.78, 5) is 0. The predicted molar refractivity (Wildman–Crippen MR) is 76.8 cm³/mol. The Morgan fingerprint density at radius 2 is 0.500 bits per heavy atom. The Labute approximate surface area is 125 Å². The number of rotatable bonds is 0. The van der Waals surface area contributed by atoms with Crippen molar-refractivity contribution in [1.29, 1.82) is 0 Å². The predicted octanol–water partition coefficient (Wildman–Crippen LogP) is 0.0210. The highest BCUT2D eigenvalue weighted by Gasteiger charge is 1.58. The molecule has 0 radical (unpaired) electrons. The molecule has 4 aromatic rings. The summed E-state index contributed by atoms with van der Waals surface area (Å²) < 4.78 is 0. The molecule has 0 bridgehead atoms. The van der Waals surface area contributed by atoms with E-state index in [2.05, 4.69) is 74.8 Å². The van der Waals surface area contributed by atoms with Gasteiger partial charge in [-0.05, 0) is 0 Å². The van der Waals surface area contributed by atoms with Crippen LogP contribution in [0.15, 0.2) is 62.7 Å². The summed E-state index contributed by atoms with van der Waals surface area (Å²) in [5.41, 5.74) is 0. The van der Waals surface area contributed by atoms with E-state index in [1.54, 1.807) is 49.6 Å². The van der Waals surface area contributed by atoms with E-state index < -0.39 is 0 Å². The van der Waals surface area contributed by atoms with Crippen molar-refractivity contribution < 1.29 is 0 Å². The molecule has 116 valence electrons. The lowest BCUT2D eigenvalue weighted by Gasteiger charge is -1.48. The molecule has 0 saturated carbocycles. The molecule has 4 rings (SSSR count). The van der Waals surface area contributed by atoms with Gasteiger partial charge in [0.05, 0.1) is 49.6 Å². The molecule has 0 fully saturated rings. The van der Waals surface area contributed by atoms with Gasteiger partial charge in [-0.15, -0.1) is 13.2 Å². The molecule has 12 nitrogen and oxygen atoms in total. The average molecular weight is 304 g/mol. The highest BCUT2D eigenvalue weighted by molar-refractivity contribution is 4.56. The first-order valence-electron chi connectivity index (χ1n) is 5.69. The van der Waals surface area contributed by atoms with E-state index in [0.717, 1.165) is 0 Å². The van der Waals surface area contributed by atoms with Crippen molar-refractivity contribution in [3.8, 4) is 0 Å². The third kappa shape index (κ3) is 14.4. The van der Waals surface area contributed by atoms with E-state index in [0.29, 0.717) is 0 Å². The van der Waals surface area contributed by atoms with E-state index in [9.17, 15) is 0 Å². The van der Waals surface area contributed by atoms with Crippen LogP contribution < -0.4 is 0 Å². The number of aromatic amines is 4. The van der Waals surface area contributed by atoms with E-state index in [1.807, 2.05) is 0 Å². The lowest BCUT2D eigenvalue weighted by molar-refractivity contribution is 0.940. The molecule has 0 aliphatic rings. The number of H-pyrrole nitrogens is 4. The third-order valence-corrected chi connectivity index (χ3v) is 1.32. The van der Waals surface area contributed by atoms with Gasteiger partial charge in [-0.1, -0.05) is 0 Å². The largest absolute Gasteiger partial charge is 0.198 e. The Morgan fingerprint density at radius 3 is 0.545 bits per heavy atom. The van der Waals surface area contributed by atoms with Crippen LogP contribution in [0.5, 0.6) is 0 Å². The van der Waals surface area contributed by atoms with Crippen molar-refractivity contribution in [2.75, 3.05) is 0 Å². The second-order valence-electron chi connectivity index (χ2n) is 2.63. The van der Waals surface area contributed by atoms with E-state index in [1.165, 1.54) is 0 Å². The van der Waals surface area contributed by atoms with Crippen LogP contribution in [0.3, 0.4) is 0 Å². The van der Waals surface area contributed by atoms with E-state index >= 15 is 0 Å². The molecule has 0 aromatic carbocycles. The van der Waals surface area contributed by atoms with Crippen LogP contribution in [0.1, 0.15) is 0 Å². The summed E-state index contributed by atoms with van der Waals surface area (Å²) in [7, 11) is 0. The zero-order valence-electron chi connectivity index (χ0n) is 11.6. The Morgan fingerprint density at radius 1 is 0.364 bits per heavy atom. The van der Waals surface area contributed by atoms with Gasteiger partial charge in [0.2, 0.25) is 0 Å². The monoisotopic (exact) mass is 304 g/mol. The fraction of sp³-hybridized carbons (Fsp3) is 0. The molecular formula is C10H16N12. The second kappa shape index (κ2) is 17.3. The smallest absolute Gasteiger partial charge is 0.0690 e. The van der Waals surface area contributed by atoms with Gasteiger partial charge in [-0.25, -0.2) is 0 Å². The summed E-state index contributed by atoms with van der Waals surface area (Å²) in [6, 6.07) is 0. The van der Waals surface area contributed by atoms with Gasteiger partial charge in [0, 0.05) is 0 Å². The van der Waals surface area contributed by atoms with Gasteiger partial charge in [-0.3, -0.25) is 0 Å². The Balaban J connectivity index is 0.000000258. The lowest BCUT2D eigenvalue weighted by Crippen LogP contribution is -1.61. The molecule has 0 aliphatic carbocycles. The Bertz CT molecular complexity index is 367. The maximum Gasteiger partial charge on any atom is 0.0690 e. The first-order valence-corrected chi connectivity index (χ1v) is 5.69. The van der Waals surface area contributed by atoms with Gasteiger partial charge in [0.1, 0.15) is 0 Å². The minimum atomic E-state index is 1.58. The number of nitrogens with one attached hydrogen (secondary N) is 4. The maximum absolute atomic E-state index is 3.49. The highest BCUT2D eigenvalue weighted by Crippen LogP contribution is 1.57. The molecule has 12 heteroatoms. The third-order valence-electron chi connectivity index (χ3n) is 1.32. The topological polar surface area (TPSA) is 166 Å². The summed E-state index contributed by atoms with van der Waals surface area (Å²) in [5.74, 6) is 0. The van der Waals surface area contributed by atoms with Gasteiger partial charge >= 0.3 is 0 Å². The lowest BCUT2D eigenvalue weighted by atomic mass is 11.0. The van der Waals surface area contributed by atoms with Crippen molar-refractivity contribution in [3.05, 3.63) is 62.7 Å². The Hall–Kier alpha value is -3.70. The fourth-order valence-corrected chi connectivity index (χ4v) is 0.667. The standard InChI is InChI=1S/4C2H3N3.C2H4/c4*1-2-4-5-3-1;1-2/h4*1-2H,(H,3,4,5);1-2H2. The van der Waals surface area contributed by atoms with Crippen molar-refractivity contribution >= 4 is 0 Å². The Kier molecular flexibility index (Phi) is 14.4. The van der Waals surface area contributed by atoms with Crippen LogP contribution in [0.25, 0.3) is 0 Å². The normalized spacial score (nSPS) is 7.45. The van der Waals surface area contributed by atoms with Crippen LogP contribution >= 0.6 is 0 Å². The van der Waals surface area contributed by atoms with Crippen molar-refractivity contribution in [3.63, 3.8) is 0 Å². The molecule has 0 amide bonds. The van der Waals surface area contributed by atoms with E-state index in [4.69, 9.17) is 0 Å². The summed E-state index contributed by atoms with van der Waals surface area (Å²) in [6.07, 6.45) is 12.7. The van der Waals surface area contributed by atoms with Crippen LogP contribution in [0.4, 0.5) is 0 Å². The number of aromatic nitrogens is 12. The van der Waals surface area contributed by atoms with Gasteiger partial charge in [0.25, 0.3) is 0 Å². The molecule has 0 atom stereocenters. The molecule has 4 N–H and O–H groups in total. The molecule has 4 aromatic heterocycles. The molecule has 0 spiro atoms. The van der Waals surface area contributed by atoms with Gasteiger partial charge in [0.15, 0.2) is 0 Å².